The van der Waals surface area contributed by atoms with Crippen LogP contribution in [0.2, 0.25) is 0 Å². The number of rotatable bonds is 9. The van der Waals surface area contributed by atoms with E-state index in [-0.39, 0.29) is 10.8 Å². The average molecular weight is 740 g/mol. The first-order chi connectivity index (χ1) is 16.2. The maximum absolute atomic E-state index is 12.4. The molecule has 0 saturated heterocycles. The molecule has 0 aliphatic carbocycles. The highest BCUT2D eigenvalue weighted by Gasteiger charge is 2.34. The summed E-state index contributed by atoms with van der Waals surface area (Å²) in [5.74, 6) is 0.415. The van der Waals surface area contributed by atoms with Crippen molar-refractivity contribution >= 4 is 69.9 Å². The minimum atomic E-state index is -0.696. The van der Waals surface area contributed by atoms with E-state index in [1.54, 1.807) is 0 Å². The summed E-state index contributed by atoms with van der Waals surface area (Å²) in [7, 11) is 0. The van der Waals surface area contributed by atoms with E-state index >= 15 is 0 Å². The summed E-state index contributed by atoms with van der Waals surface area (Å²) in [5, 5.41) is 0. The molecule has 7 heteroatoms. The highest BCUT2D eigenvalue weighted by molar-refractivity contribution is 9.11. The Morgan fingerprint density at radius 3 is 1.49 bits per heavy atom. The van der Waals surface area contributed by atoms with E-state index < -0.39 is 11.8 Å². The van der Waals surface area contributed by atoms with Gasteiger partial charge in [0.05, 0.1) is 0 Å². The van der Waals surface area contributed by atoms with E-state index in [0.29, 0.717) is 5.75 Å². The molecule has 0 bridgehead atoms. The quantitative estimate of drug-likeness (QED) is 0.190. The van der Waals surface area contributed by atoms with Crippen LogP contribution in [0.25, 0.3) is 0 Å². The molecule has 35 heavy (non-hydrogen) atoms. The smallest absolute Gasteiger partial charge is 0.428 e. The van der Waals surface area contributed by atoms with Gasteiger partial charge in [0.25, 0.3) is 0 Å². The van der Waals surface area contributed by atoms with Gasteiger partial charge in [-0.2, -0.15) is 0 Å². The van der Waals surface area contributed by atoms with Crippen LogP contribution in [0.1, 0.15) is 97.8 Å². The molecule has 0 spiro atoms. The summed E-state index contributed by atoms with van der Waals surface area (Å²) in [6.45, 7) is 17.1. The summed E-state index contributed by atoms with van der Waals surface area (Å²) in [6.07, 6.45) is 2.89. The normalized spacial score (nSPS) is 12.6. The van der Waals surface area contributed by atoms with Crippen molar-refractivity contribution in [2.45, 2.75) is 97.5 Å². The molecule has 0 atom stereocenters. The zero-order chi connectivity index (χ0) is 26.8. The van der Waals surface area contributed by atoms with Crippen LogP contribution in [0.15, 0.2) is 42.2 Å². The molecule has 0 aliphatic rings. The van der Waals surface area contributed by atoms with Gasteiger partial charge in [0, 0.05) is 23.3 Å². The zero-order valence-electron chi connectivity index (χ0n) is 21.9. The van der Waals surface area contributed by atoms with Crippen molar-refractivity contribution in [3.8, 4) is 5.75 Å². The topological polar surface area (TPSA) is 35.5 Å². The van der Waals surface area contributed by atoms with Crippen LogP contribution in [-0.4, -0.2) is 11.8 Å². The third kappa shape index (κ3) is 6.74. The molecule has 0 amide bonds. The predicted molar refractivity (Wildman–Crippen MR) is 160 cm³/mol. The maximum atomic E-state index is 12.4. The second-order valence-corrected chi connectivity index (χ2v) is 13.5. The minimum absolute atomic E-state index is 0.119. The number of hydrogen-bond donors (Lipinski definition) is 0. The molecule has 2 aromatic carbocycles. The Kier molecular flexibility index (Phi) is 10.6. The maximum Gasteiger partial charge on any atom is 0.514 e. The number of benzene rings is 2. The molecule has 3 nitrogen and oxygen atoms in total. The lowest BCUT2D eigenvalue weighted by atomic mass is 9.74. The van der Waals surface area contributed by atoms with Gasteiger partial charge < -0.3 is 9.47 Å². The molecule has 0 radical (unpaired) electrons. The Morgan fingerprint density at radius 1 is 0.714 bits per heavy atom. The van der Waals surface area contributed by atoms with Gasteiger partial charge in [0.1, 0.15) is 11.4 Å². The molecule has 0 saturated carbocycles. The van der Waals surface area contributed by atoms with Gasteiger partial charge in [-0.1, -0.05) is 112 Å². The first-order valence-electron chi connectivity index (χ1n) is 12.1. The molecular weight excluding hydrogens is 704 g/mol. The van der Waals surface area contributed by atoms with Gasteiger partial charge in [-0.25, -0.2) is 4.79 Å². The van der Waals surface area contributed by atoms with Crippen LogP contribution >= 0.6 is 63.7 Å². The lowest BCUT2D eigenvalue weighted by Gasteiger charge is -2.33. The van der Waals surface area contributed by atoms with Crippen molar-refractivity contribution in [1.82, 2.24) is 0 Å². The summed E-state index contributed by atoms with van der Waals surface area (Å²) in [4.78, 5) is 12.4. The fourth-order valence-corrected chi connectivity index (χ4v) is 8.53. The van der Waals surface area contributed by atoms with E-state index in [1.165, 1.54) is 5.56 Å². The first-order valence-corrected chi connectivity index (χ1v) is 15.3. The van der Waals surface area contributed by atoms with Gasteiger partial charge in [-0.05, 0) is 79.0 Å². The number of halogens is 4. The molecule has 0 heterocycles. The van der Waals surface area contributed by atoms with Crippen LogP contribution in [0, 0.1) is 0 Å². The Balaban J connectivity index is 2.47. The van der Waals surface area contributed by atoms with Crippen molar-refractivity contribution in [1.29, 1.82) is 0 Å². The molecular formula is C28H36Br4O3. The number of ether oxygens (including phenoxy) is 2. The van der Waals surface area contributed by atoms with Crippen LogP contribution < -0.4 is 4.74 Å². The lowest BCUT2D eigenvalue weighted by Crippen LogP contribution is -2.31. The molecule has 0 fully saturated rings. The first kappa shape index (κ1) is 30.9. The van der Waals surface area contributed by atoms with Gasteiger partial charge in [-0.15, -0.1) is 0 Å². The van der Waals surface area contributed by atoms with Crippen LogP contribution in [0.3, 0.4) is 0 Å². The SMILES string of the molecule is CCC(C)(CC)OC(=O)Oc1cc(Br)c(C(C)(C)c2c(Br)cc(C(C)(CC)CC)cc2Br)c(Br)c1. The summed E-state index contributed by atoms with van der Waals surface area (Å²) >= 11 is 15.2. The van der Waals surface area contributed by atoms with Crippen molar-refractivity contribution < 1.29 is 14.3 Å². The van der Waals surface area contributed by atoms with Crippen molar-refractivity contribution in [2.75, 3.05) is 0 Å². The average Bonchev–Trinajstić information content (AvgIpc) is 2.76. The van der Waals surface area contributed by atoms with E-state index in [4.69, 9.17) is 9.47 Å². The standard InChI is InChI=1S/C28H36Br4O3/c1-9-27(7,10-2)17-13-19(29)23(20(30)14-17)26(5,6)24-21(31)15-18(16-22(24)32)34-25(33)35-28(8,11-3)12-4/h13-16H,9-12H2,1-8H3. The zero-order valence-corrected chi connectivity index (χ0v) is 28.2. The molecule has 2 rings (SSSR count). The molecule has 0 N–H and O–H groups in total. The summed E-state index contributed by atoms with van der Waals surface area (Å²) in [6, 6.07) is 8.14. The molecule has 194 valence electrons. The molecule has 0 aliphatic heterocycles. The number of carbonyl (C=O) groups is 1. The van der Waals surface area contributed by atoms with Crippen LogP contribution in [0.5, 0.6) is 5.75 Å². The van der Waals surface area contributed by atoms with Gasteiger partial charge in [-0.3, -0.25) is 0 Å². The van der Waals surface area contributed by atoms with Crippen molar-refractivity contribution in [3.63, 3.8) is 0 Å². The predicted octanol–water partition coefficient (Wildman–Crippen LogP) is 11.2. The van der Waals surface area contributed by atoms with Gasteiger partial charge >= 0.3 is 6.16 Å². The summed E-state index contributed by atoms with van der Waals surface area (Å²) < 4.78 is 14.9. The lowest BCUT2D eigenvalue weighted by molar-refractivity contribution is -0.00726. The van der Waals surface area contributed by atoms with Gasteiger partial charge in [0.15, 0.2) is 0 Å². The van der Waals surface area contributed by atoms with Gasteiger partial charge in [0.2, 0.25) is 0 Å². The van der Waals surface area contributed by atoms with E-state index in [1.807, 2.05) is 32.9 Å². The Morgan fingerprint density at radius 2 is 1.11 bits per heavy atom. The van der Waals surface area contributed by atoms with Crippen LogP contribution in [0.4, 0.5) is 4.79 Å². The van der Waals surface area contributed by atoms with E-state index in [2.05, 4.69) is 110 Å². The minimum Gasteiger partial charge on any atom is -0.428 e. The molecule has 2 aromatic rings. The van der Waals surface area contributed by atoms with Crippen molar-refractivity contribution in [2.24, 2.45) is 0 Å². The highest BCUT2D eigenvalue weighted by Crippen LogP contribution is 2.48. The third-order valence-corrected chi connectivity index (χ3v) is 10.1. The van der Waals surface area contributed by atoms with E-state index in [9.17, 15) is 4.79 Å². The molecule has 0 unspecified atom stereocenters. The second kappa shape index (κ2) is 12.0. The number of hydrogen-bond acceptors (Lipinski definition) is 3. The largest absolute Gasteiger partial charge is 0.514 e. The van der Waals surface area contributed by atoms with Crippen molar-refractivity contribution in [3.05, 3.63) is 58.8 Å². The Labute approximate surface area is 244 Å². The fraction of sp³-hybridized carbons (Fsp3) is 0.536. The Hall–Kier alpha value is -0.370. The Bertz CT molecular complexity index is 1020. The third-order valence-electron chi connectivity index (χ3n) is 7.59. The second-order valence-electron chi connectivity index (χ2n) is 10.1. The fourth-order valence-electron chi connectivity index (χ4n) is 4.22. The monoisotopic (exact) mass is 736 g/mol. The highest BCUT2D eigenvalue weighted by atomic mass is 79.9. The molecule has 0 aromatic heterocycles. The summed E-state index contributed by atoms with van der Waals surface area (Å²) in [5.41, 5.74) is 2.70. The van der Waals surface area contributed by atoms with Crippen LogP contribution in [-0.2, 0) is 15.6 Å². The number of carbonyl (C=O) groups excluding carboxylic acids is 1. The van der Waals surface area contributed by atoms with E-state index in [0.717, 1.165) is 54.7 Å².